The number of aromatic amines is 1. The Bertz CT molecular complexity index is 636. The van der Waals surface area contributed by atoms with Crippen LogP contribution in [-0.4, -0.2) is 45.7 Å². The number of morpholine rings is 1. The van der Waals surface area contributed by atoms with Crippen LogP contribution in [0, 0.1) is 16.7 Å². The molecule has 7 heteroatoms. The maximum atomic E-state index is 12.7. The summed E-state index contributed by atoms with van der Waals surface area (Å²) in [4.78, 5) is 18.9. The number of nitriles is 1. The van der Waals surface area contributed by atoms with Crippen molar-refractivity contribution in [2.45, 2.75) is 51.6 Å². The second-order valence-electron chi connectivity index (χ2n) is 7.45. The van der Waals surface area contributed by atoms with Crippen molar-refractivity contribution in [1.29, 1.82) is 5.26 Å². The average Bonchev–Trinajstić information content (AvgIpc) is 2.97. The number of ether oxygens (including phenoxy) is 1. The van der Waals surface area contributed by atoms with Crippen LogP contribution in [-0.2, 0) is 14.9 Å². The summed E-state index contributed by atoms with van der Waals surface area (Å²) in [6.45, 7) is 7.53. The second-order valence-corrected chi connectivity index (χ2v) is 7.45. The molecular formula is C16H23N5O2. The summed E-state index contributed by atoms with van der Waals surface area (Å²) in [7, 11) is 0. The lowest BCUT2D eigenvalue weighted by Gasteiger charge is -2.40. The molecule has 23 heavy (non-hydrogen) atoms. The molecule has 1 aliphatic carbocycles. The molecule has 1 aliphatic heterocycles. The number of aromatic nitrogens is 3. The largest absolute Gasteiger partial charge is 0.367 e. The Labute approximate surface area is 136 Å². The van der Waals surface area contributed by atoms with Crippen molar-refractivity contribution >= 4 is 5.91 Å². The van der Waals surface area contributed by atoms with Crippen LogP contribution in [0.15, 0.2) is 0 Å². The third-order valence-electron chi connectivity index (χ3n) is 4.66. The first-order valence-corrected chi connectivity index (χ1v) is 8.11. The fraction of sp³-hybridized carbons (Fsp3) is 0.750. The molecule has 1 amide bonds. The van der Waals surface area contributed by atoms with Crippen molar-refractivity contribution in [3.8, 4) is 6.07 Å². The molecule has 2 aliphatic rings. The first-order chi connectivity index (χ1) is 10.9. The van der Waals surface area contributed by atoms with E-state index < -0.39 is 5.41 Å². The lowest BCUT2D eigenvalue weighted by atomic mass is 9.69. The molecular weight excluding hydrogens is 294 g/mol. The van der Waals surface area contributed by atoms with E-state index in [1.54, 1.807) is 4.90 Å². The molecule has 1 N–H and O–H groups in total. The molecule has 1 aromatic rings. The van der Waals surface area contributed by atoms with Crippen LogP contribution in [0.5, 0.6) is 0 Å². The zero-order valence-corrected chi connectivity index (χ0v) is 13.9. The highest BCUT2D eigenvalue weighted by molar-refractivity contribution is 5.86. The Morgan fingerprint density at radius 3 is 2.74 bits per heavy atom. The predicted molar refractivity (Wildman–Crippen MR) is 82.3 cm³/mol. The monoisotopic (exact) mass is 317 g/mol. The van der Waals surface area contributed by atoms with Gasteiger partial charge in [0, 0.05) is 12.0 Å². The molecule has 0 spiro atoms. The first-order valence-electron chi connectivity index (χ1n) is 8.11. The maximum Gasteiger partial charge on any atom is 0.243 e. The van der Waals surface area contributed by atoms with Gasteiger partial charge in [0.2, 0.25) is 5.91 Å². The van der Waals surface area contributed by atoms with Crippen LogP contribution in [0.2, 0.25) is 0 Å². The quantitative estimate of drug-likeness (QED) is 0.895. The van der Waals surface area contributed by atoms with Gasteiger partial charge < -0.3 is 9.64 Å². The third-order valence-corrected chi connectivity index (χ3v) is 4.66. The highest BCUT2D eigenvalue weighted by atomic mass is 16.5. The van der Waals surface area contributed by atoms with Crippen LogP contribution < -0.4 is 0 Å². The van der Waals surface area contributed by atoms with E-state index in [1.807, 2.05) is 20.8 Å². The molecule has 2 fully saturated rings. The lowest BCUT2D eigenvalue weighted by Crippen LogP contribution is -2.51. The Balaban J connectivity index is 1.73. The van der Waals surface area contributed by atoms with Crippen molar-refractivity contribution in [2.24, 2.45) is 5.41 Å². The van der Waals surface area contributed by atoms with E-state index in [0.717, 1.165) is 12.2 Å². The molecule has 1 saturated carbocycles. The van der Waals surface area contributed by atoms with Gasteiger partial charge in [-0.05, 0) is 19.3 Å². The summed E-state index contributed by atoms with van der Waals surface area (Å²) in [6, 6.07) is 2.22. The summed E-state index contributed by atoms with van der Waals surface area (Å²) < 4.78 is 5.76. The van der Waals surface area contributed by atoms with Gasteiger partial charge in [-0.3, -0.25) is 9.89 Å². The molecule has 2 heterocycles. The van der Waals surface area contributed by atoms with E-state index in [2.05, 4.69) is 21.3 Å². The van der Waals surface area contributed by atoms with Gasteiger partial charge >= 0.3 is 0 Å². The van der Waals surface area contributed by atoms with Gasteiger partial charge in [0.15, 0.2) is 11.6 Å². The number of amides is 1. The number of carbonyl (C=O) groups excluding carboxylic acids is 1. The molecule has 7 nitrogen and oxygen atoms in total. The van der Waals surface area contributed by atoms with Gasteiger partial charge in [0.25, 0.3) is 0 Å². The highest BCUT2D eigenvalue weighted by Crippen LogP contribution is 2.42. The van der Waals surface area contributed by atoms with E-state index in [-0.39, 0.29) is 17.4 Å². The molecule has 0 aromatic carbocycles. The summed E-state index contributed by atoms with van der Waals surface area (Å²) in [5.41, 5.74) is -0.949. The molecule has 0 bridgehead atoms. The van der Waals surface area contributed by atoms with Gasteiger partial charge in [0.05, 0.1) is 19.2 Å². The van der Waals surface area contributed by atoms with Gasteiger partial charge in [-0.2, -0.15) is 10.4 Å². The number of hydrogen-bond donors (Lipinski definition) is 1. The average molecular weight is 317 g/mol. The molecule has 0 radical (unpaired) electrons. The summed E-state index contributed by atoms with van der Waals surface area (Å²) in [5, 5.41) is 16.5. The van der Waals surface area contributed by atoms with E-state index in [4.69, 9.17) is 4.74 Å². The standard InChI is InChI=1S/C16H23N5O2/c1-15(2,3)13-18-12(19-20-13)11-9-21(7-8-23-11)14(22)16(10-17)5-4-6-16/h11H,4-9H2,1-3H3,(H,18,19,20)/t11-/m0/s1. The molecule has 124 valence electrons. The number of rotatable bonds is 2. The Hall–Kier alpha value is -1.94. The fourth-order valence-corrected chi connectivity index (χ4v) is 2.96. The zero-order valence-electron chi connectivity index (χ0n) is 13.9. The van der Waals surface area contributed by atoms with Crippen LogP contribution >= 0.6 is 0 Å². The normalized spacial score (nSPS) is 23.9. The minimum atomic E-state index is -0.806. The Morgan fingerprint density at radius 1 is 1.48 bits per heavy atom. The van der Waals surface area contributed by atoms with Crippen LogP contribution in [0.25, 0.3) is 0 Å². The van der Waals surface area contributed by atoms with Crippen LogP contribution in [0.1, 0.15) is 57.8 Å². The highest BCUT2D eigenvalue weighted by Gasteiger charge is 2.47. The van der Waals surface area contributed by atoms with E-state index in [0.29, 0.717) is 38.4 Å². The van der Waals surface area contributed by atoms with Crippen molar-refractivity contribution in [3.63, 3.8) is 0 Å². The minimum Gasteiger partial charge on any atom is -0.367 e. The minimum absolute atomic E-state index is 0.0601. The van der Waals surface area contributed by atoms with Crippen LogP contribution in [0.4, 0.5) is 0 Å². The van der Waals surface area contributed by atoms with Gasteiger partial charge in [-0.1, -0.05) is 20.8 Å². The fourth-order valence-electron chi connectivity index (χ4n) is 2.96. The number of nitrogens with one attached hydrogen (secondary N) is 1. The summed E-state index contributed by atoms with van der Waals surface area (Å²) in [6.07, 6.45) is 1.97. The van der Waals surface area contributed by atoms with Gasteiger partial charge in [0.1, 0.15) is 11.5 Å². The number of H-pyrrole nitrogens is 1. The van der Waals surface area contributed by atoms with E-state index >= 15 is 0 Å². The number of hydrogen-bond acceptors (Lipinski definition) is 5. The Kier molecular flexibility index (Phi) is 3.88. The molecule has 3 rings (SSSR count). The second kappa shape index (κ2) is 5.60. The molecule has 1 saturated heterocycles. The number of nitrogens with zero attached hydrogens (tertiary/aromatic N) is 4. The Morgan fingerprint density at radius 2 is 2.22 bits per heavy atom. The summed E-state index contributed by atoms with van der Waals surface area (Å²) in [5.74, 6) is 1.31. The smallest absolute Gasteiger partial charge is 0.243 e. The third kappa shape index (κ3) is 2.83. The predicted octanol–water partition coefficient (Wildman–Crippen LogP) is 1.70. The van der Waals surface area contributed by atoms with Gasteiger partial charge in [-0.15, -0.1) is 0 Å². The lowest BCUT2D eigenvalue weighted by molar-refractivity contribution is -0.151. The zero-order chi connectivity index (χ0) is 16.7. The maximum absolute atomic E-state index is 12.7. The topological polar surface area (TPSA) is 94.9 Å². The molecule has 1 aromatic heterocycles. The van der Waals surface area contributed by atoms with Crippen molar-refractivity contribution in [3.05, 3.63) is 11.6 Å². The SMILES string of the molecule is CC(C)(C)c1n[nH]c([C@@H]2CN(C(=O)C3(C#N)CCC3)CCO2)n1. The van der Waals surface area contributed by atoms with E-state index in [1.165, 1.54) is 0 Å². The van der Waals surface area contributed by atoms with Crippen molar-refractivity contribution in [2.75, 3.05) is 19.7 Å². The summed E-state index contributed by atoms with van der Waals surface area (Å²) >= 11 is 0. The van der Waals surface area contributed by atoms with Crippen LogP contribution in [0.3, 0.4) is 0 Å². The first kappa shape index (κ1) is 15.9. The molecule has 0 unspecified atom stereocenters. The van der Waals surface area contributed by atoms with Crippen molar-refractivity contribution < 1.29 is 9.53 Å². The van der Waals surface area contributed by atoms with Crippen molar-refractivity contribution in [1.82, 2.24) is 20.1 Å². The van der Waals surface area contributed by atoms with Gasteiger partial charge in [-0.25, -0.2) is 4.98 Å². The number of carbonyl (C=O) groups is 1. The molecule has 1 atom stereocenters. The van der Waals surface area contributed by atoms with E-state index in [9.17, 15) is 10.1 Å².